The first-order valence-electron chi connectivity index (χ1n) is 8.61. The third kappa shape index (κ3) is 5.66. The van der Waals surface area contributed by atoms with E-state index in [1.54, 1.807) is 0 Å². The van der Waals surface area contributed by atoms with E-state index < -0.39 is 0 Å². The fourth-order valence-electron chi connectivity index (χ4n) is 3.28. The maximum atomic E-state index is 4.37. The Balaban J connectivity index is 1.79. The fourth-order valence-corrected chi connectivity index (χ4v) is 3.28. The zero-order valence-electron chi connectivity index (χ0n) is 13.0. The molecule has 0 aromatic carbocycles. The van der Waals surface area contributed by atoms with Gasteiger partial charge in [-0.25, -0.2) is 4.98 Å². The van der Waals surface area contributed by atoms with Gasteiger partial charge in [0.2, 0.25) is 0 Å². The van der Waals surface area contributed by atoms with Crippen molar-refractivity contribution in [3.8, 4) is 0 Å². The molecule has 3 heteroatoms. The van der Waals surface area contributed by atoms with Crippen LogP contribution < -0.4 is 5.32 Å². The van der Waals surface area contributed by atoms with E-state index in [4.69, 9.17) is 0 Å². The number of imidazole rings is 1. The first-order chi connectivity index (χ1) is 9.86. The normalized spacial score (nSPS) is 21.9. The van der Waals surface area contributed by atoms with Gasteiger partial charge in [-0.2, -0.15) is 0 Å². The van der Waals surface area contributed by atoms with Crippen LogP contribution in [0.1, 0.15) is 89.4 Å². The Kier molecular flexibility index (Phi) is 7.13. The van der Waals surface area contributed by atoms with Crippen LogP contribution >= 0.6 is 0 Å². The lowest BCUT2D eigenvalue weighted by Crippen LogP contribution is -2.32. The summed E-state index contributed by atoms with van der Waals surface area (Å²) in [5, 5.41) is 3.78. The molecule has 114 valence electrons. The smallest absolute Gasteiger partial charge is 0.122 e. The predicted molar refractivity (Wildman–Crippen MR) is 84.7 cm³/mol. The van der Waals surface area contributed by atoms with Crippen molar-refractivity contribution in [3.05, 3.63) is 18.2 Å². The van der Waals surface area contributed by atoms with E-state index in [0.717, 1.165) is 5.82 Å². The Morgan fingerprint density at radius 2 is 1.55 bits per heavy atom. The van der Waals surface area contributed by atoms with Crippen LogP contribution in [0.15, 0.2) is 12.4 Å². The SMILES string of the molecule is CC(NC1CCCCCCCCCCC1)c1ncc[nH]1. The van der Waals surface area contributed by atoms with E-state index in [1.165, 1.54) is 70.6 Å². The molecule has 1 fully saturated rings. The molecule has 1 aromatic rings. The summed E-state index contributed by atoms with van der Waals surface area (Å²) < 4.78 is 0. The molecular formula is C17H31N3. The molecule has 2 rings (SSSR count). The van der Waals surface area contributed by atoms with Crippen LogP contribution in [0.25, 0.3) is 0 Å². The molecule has 1 atom stereocenters. The second-order valence-corrected chi connectivity index (χ2v) is 6.32. The van der Waals surface area contributed by atoms with Gasteiger partial charge in [-0.15, -0.1) is 0 Å². The number of nitrogens with zero attached hydrogens (tertiary/aromatic N) is 1. The van der Waals surface area contributed by atoms with Crippen molar-refractivity contribution in [2.75, 3.05) is 0 Å². The molecule has 1 unspecified atom stereocenters. The van der Waals surface area contributed by atoms with Crippen molar-refractivity contribution in [2.45, 2.75) is 89.6 Å². The van der Waals surface area contributed by atoms with Crippen LogP contribution in [0, 0.1) is 0 Å². The van der Waals surface area contributed by atoms with Crippen LogP contribution in [0.4, 0.5) is 0 Å². The third-order valence-corrected chi connectivity index (χ3v) is 4.52. The highest BCUT2D eigenvalue weighted by Gasteiger charge is 2.14. The van der Waals surface area contributed by atoms with Gasteiger partial charge >= 0.3 is 0 Å². The van der Waals surface area contributed by atoms with Gasteiger partial charge in [0.1, 0.15) is 5.82 Å². The Hall–Kier alpha value is -0.830. The van der Waals surface area contributed by atoms with Crippen LogP contribution in [0.5, 0.6) is 0 Å². The number of nitrogens with one attached hydrogen (secondary N) is 2. The molecule has 1 heterocycles. The van der Waals surface area contributed by atoms with Gasteiger partial charge < -0.3 is 10.3 Å². The second-order valence-electron chi connectivity index (χ2n) is 6.32. The Bertz CT molecular complexity index is 322. The molecule has 3 nitrogen and oxygen atoms in total. The number of aromatic nitrogens is 2. The van der Waals surface area contributed by atoms with Gasteiger partial charge in [0.25, 0.3) is 0 Å². The van der Waals surface area contributed by atoms with Crippen molar-refractivity contribution in [2.24, 2.45) is 0 Å². The third-order valence-electron chi connectivity index (χ3n) is 4.52. The summed E-state index contributed by atoms with van der Waals surface area (Å²) in [6.45, 7) is 2.22. The molecule has 1 aliphatic carbocycles. The number of hydrogen-bond acceptors (Lipinski definition) is 2. The molecule has 0 amide bonds. The lowest BCUT2D eigenvalue weighted by atomic mass is 9.97. The molecule has 1 aromatic heterocycles. The monoisotopic (exact) mass is 277 g/mol. The first kappa shape index (κ1) is 15.6. The summed E-state index contributed by atoms with van der Waals surface area (Å²) in [5.41, 5.74) is 0. The average molecular weight is 277 g/mol. The van der Waals surface area contributed by atoms with Crippen LogP contribution in [0.3, 0.4) is 0 Å². The zero-order chi connectivity index (χ0) is 14.0. The fraction of sp³-hybridized carbons (Fsp3) is 0.824. The van der Waals surface area contributed by atoms with E-state index in [9.17, 15) is 0 Å². The summed E-state index contributed by atoms with van der Waals surface area (Å²) in [7, 11) is 0. The molecule has 0 bridgehead atoms. The van der Waals surface area contributed by atoms with Gasteiger partial charge in [-0.05, 0) is 19.8 Å². The molecule has 1 saturated carbocycles. The maximum Gasteiger partial charge on any atom is 0.122 e. The summed E-state index contributed by atoms with van der Waals surface area (Å²) in [6.07, 6.45) is 19.2. The van der Waals surface area contributed by atoms with E-state index in [-0.39, 0.29) is 0 Å². The van der Waals surface area contributed by atoms with Crippen molar-refractivity contribution in [1.29, 1.82) is 0 Å². The number of rotatable bonds is 3. The van der Waals surface area contributed by atoms with E-state index in [1.807, 2.05) is 12.4 Å². The highest BCUT2D eigenvalue weighted by atomic mass is 15.0. The minimum Gasteiger partial charge on any atom is -0.347 e. The molecule has 0 spiro atoms. The van der Waals surface area contributed by atoms with Crippen molar-refractivity contribution in [1.82, 2.24) is 15.3 Å². The van der Waals surface area contributed by atoms with Crippen LogP contribution in [0.2, 0.25) is 0 Å². The minimum atomic E-state index is 0.336. The Morgan fingerprint density at radius 3 is 2.05 bits per heavy atom. The number of H-pyrrole nitrogens is 1. The van der Waals surface area contributed by atoms with Gasteiger partial charge in [0.05, 0.1) is 6.04 Å². The highest BCUT2D eigenvalue weighted by molar-refractivity contribution is 4.94. The predicted octanol–water partition coefficient (Wildman–Crippen LogP) is 4.73. The molecule has 0 radical (unpaired) electrons. The molecule has 0 saturated heterocycles. The summed E-state index contributed by atoms with van der Waals surface area (Å²) >= 11 is 0. The van der Waals surface area contributed by atoms with Crippen LogP contribution in [-0.2, 0) is 0 Å². The molecular weight excluding hydrogens is 246 g/mol. The van der Waals surface area contributed by atoms with Gasteiger partial charge in [-0.1, -0.05) is 57.8 Å². The Labute approximate surface area is 124 Å². The minimum absolute atomic E-state index is 0.336. The van der Waals surface area contributed by atoms with Crippen molar-refractivity contribution in [3.63, 3.8) is 0 Å². The van der Waals surface area contributed by atoms with Crippen LogP contribution in [-0.4, -0.2) is 16.0 Å². The van der Waals surface area contributed by atoms with Gasteiger partial charge in [0.15, 0.2) is 0 Å². The van der Waals surface area contributed by atoms with Gasteiger partial charge in [0, 0.05) is 18.4 Å². The molecule has 2 N–H and O–H groups in total. The van der Waals surface area contributed by atoms with E-state index in [2.05, 4.69) is 22.2 Å². The van der Waals surface area contributed by atoms with Gasteiger partial charge in [-0.3, -0.25) is 0 Å². The number of aromatic amines is 1. The highest BCUT2D eigenvalue weighted by Crippen LogP contribution is 2.19. The van der Waals surface area contributed by atoms with Crippen molar-refractivity contribution < 1.29 is 0 Å². The summed E-state index contributed by atoms with van der Waals surface area (Å²) in [4.78, 5) is 7.59. The summed E-state index contributed by atoms with van der Waals surface area (Å²) in [6, 6.07) is 0.998. The molecule has 0 aliphatic heterocycles. The zero-order valence-corrected chi connectivity index (χ0v) is 13.0. The summed E-state index contributed by atoms with van der Waals surface area (Å²) in [5.74, 6) is 1.07. The Morgan fingerprint density at radius 1 is 1.00 bits per heavy atom. The van der Waals surface area contributed by atoms with E-state index in [0.29, 0.717) is 12.1 Å². The topological polar surface area (TPSA) is 40.7 Å². The molecule has 20 heavy (non-hydrogen) atoms. The van der Waals surface area contributed by atoms with Crippen molar-refractivity contribution >= 4 is 0 Å². The van der Waals surface area contributed by atoms with E-state index >= 15 is 0 Å². The lowest BCUT2D eigenvalue weighted by molar-refractivity contribution is 0.369. The molecule has 1 aliphatic rings. The number of hydrogen-bond donors (Lipinski definition) is 2. The lowest BCUT2D eigenvalue weighted by Gasteiger charge is -2.23. The largest absolute Gasteiger partial charge is 0.347 e. The maximum absolute atomic E-state index is 4.37. The first-order valence-corrected chi connectivity index (χ1v) is 8.61. The average Bonchev–Trinajstić information content (AvgIpc) is 2.96. The quantitative estimate of drug-likeness (QED) is 0.838. The second kappa shape index (κ2) is 9.17. The standard InChI is InChI=1S/C17H31N3/c1-15(17-18-13-14-19-17)20-16-11-9-7-5-3-2-4-6-8-10-12-16/h13-16,20H,2-12H2,1H3,(H,18,19).